The molecule has 9 heteroatoms. The van der Waals surface area contributed by atoms with Gasteiger partial charge in [0.15, 0.2) is 5.65 Å². The molecule has 1 aliphatic rings. The van der Waals surface area contributed by atoms with Gasteiger partial charge in [-0.05, 0) is 42.5 Å². The summed E-state index contributed by atoms with van der Waals surface area (Å²) in [6, 6.07) is 7.78. The van der Waals surface area contributed by atoms with E-state index in [1.165, 1.54) is 16.4 Å². The molecule has 1 fully saturated rings. The van der Waals surface area contributed by atoms with Crippen molar-refractivity contribution in [2.75, 3.05) is 20.2 Å². The van der Waals surface area contributed by atoms with E-state index in [2.05, 4.69) is 34.2 Å². The Morgan fingerprint density at radius 1 is 1.16 bits per heavy atom. The summed E-state index contributed by atoms with van der Waals surface area (Å²) >= 11 is 1.59. The molecule has 1 saturated heterocycles. The zero-order valence-electron chi connectivity index (χ0n) is 17.8. The molecule has 2 unspecified atom stereocenters. The number of morpholine rings is 1. The molecule has 5 rings (SSSR count). The molecule has 162 valence electrons. The van der Waals surface area contributed by atoms with Crippen LogP contribution in [0.4, 0.5) is 0 Å². The molecular formula is C22H25N5O3S. The molecule has 0 bridgehead atoms. The molecule has 4 heterocycles. The second-order valence-corrected chi connectivity index (χ2v) is 8.96. The van der Waals surface area contributed by atoms with Gasteiger partial charge in [0.2, 0.25) is 0 Å². The highest BCUT2D eigenvalue weighted by Crippen LogP contribution is 2.30. The summed E-state index contributed by atoms with van der Waals surface area (Å²) in [7, 11) is 1.64. The molecule has 1 aliphatic heterocycles. The maximum Gasteiger partial charge on any atom is 0.352 e. The van der Waals surface area contributed by atoms with Gasteiger partial charge in [-0.25, -0.2) is 9.78 Å². The maximum absolute atomic E-state index is 13.2. The van der Waals surface area contributed by atoms with Gasteiger partial charge >= 0.3 is 5.69 Å². The standard InChI is InChI=1S/C22H25N5O3S/c1-14-8-25(9-15(2)30-14)11-17-12-31-21-19(17)20-23-13-24-27(20)22(28)26(21)10-16-4-6-18(29-3)7-5-16/h4-7,12-15H,8-11H2,1-3H3. The lowest BCUT2D eigenvalue weighted by Crippen LogP contribution is -2.44. The third kappa shape index (κ3) is 3.73. The van der Waals surface area contributed by atoms with Crippen LogP contribution in [0.2, 0.25) is 0 Å². The zero-order chi connectivity index (χ0) is 21.5. The van der Waals surface area contributed by atoms with Crippen LogP contribution in [-0.2, 0) is 17.8 Å². The molecule has 3 aromatic heterocycles. The fraction of sp³-hybridized carbons (Fsp3) is 0.409. The third-order valence-corrected chi connectivity index (χ3v) is 6.72. The van der Waals surface area contributed by atoms with Crippen LogP contribution < -0.4 is 10.4 Å². The molecule has 31 heavy (non-hydrogen) atoms. The molecule has 4 aromatic rings. The summed E-state index contributed by atoms with van der Waals surface area (Å²) in [4.78, 5) is 20.9. The number of hydrogen-bond donors (Lipinski definition) is 0. The largest absolute Gasteiger partial charge is 0.497 e. The summed E-state index contributed by atoms with van der Waals surface area (Å²) in [5.74, 6) is 0.792. The van der Waals surface area contributed by atoms with Crippen LogP contribution in [-0.4, -0.2) is 56.5 Å². The summed E-state index contributed by atoms with van der Waals surface area (Å²) in [5, 5.41) is 7.36. The first-order valence-electron chi connectivity index (χ1n) is 10.4. The van der Waals surface area contributed by atoms with Crippen molar-refractivity contribution >= 4 is 27.2 Å². The number of thiophene rings is 1. The van der Waals surface area contributed by atoms with Crippen molar-refractivity contribution < 1.29 is 9.47 Å². The number of methoxy groups -OCH3 is 1. The van der Waals surface area contributed by atoms with Gasteiger partial charge in [-0.3, -0.25) is 9.47 Å². The topological polar surface area (TPSA) is 73.9 Å². The van der Waals surface area contributed by atoms with Gasteiger partial charge in [-0.1, -0.05) is 12.1 Å². The van der Waals surface area contributed by atoms with Crippen molar-refractivity contribution in [1.29, 1.82) is 0 Å². The molecule has 2 atom stereocenters. The zero-order valence-corrected chi connectivity index (χ0v) is 18.6. The molecule has 0 amide bonds. The lowest BCUT2D eigenvalue weighted by molar-refractivity contribution is -0.0703. The van der Waals surface area contributed by atoms with Gasteiger partial charge in [-0.2, -0.15) is 9.61 Å². The summed E-state index contributed by atoms with van der Waals surface area (Å²) in [5.41, 5.74) is 2.63. The van der Waals surface area contributed by atoms with E-state index in [9.17, 15) is 4.79 Å². The van der Waals surface area contributed by atoms with Crippen LogP contribution in [0.15, 0.2) is 40.8 Å². The minimum absolute atomic E-state index is 0.183. The summed E-state index contributed by atoms with van der Waals surface area (Å²) in [6.07, 6.45) is 1.86. The number of rotatable bonds is 5. The average Bonchev–Trinajstić information content (AvgIpc) is 3.38. The van der Waals surface area contributed by atoms with E-state index in [1.807, 2.05) is 24.3 Å². The first-order chi connectivity index (χ1) is 15.0. The van der Waals surface area contributed by atoms with E-state index in [-0.39, 0.29) is 17.9 Å². The van der Waals surface area contributed by atoms with Crippen molar-refractivity contribution in [3.63, 3.8) is 0 Å². The van der Waals surface area contributed by atoms with Crippen LogP contribution in [0.25, 0.3) is 15.9 Å². The number of fused-ring (bicyclic) bond motifs is 3. The second kappa shape index (κ2) is 8.07. The van der Waals surface area contributed by atoms with E-state index in [4.69, 9.17) is 9.47 Å². The summed E-state index contributed by atoms with van der Waals surface area (Å²) < 4.78 is 14.3. The van der Waals surface area contributed by atoms with E-state index >= 15 is 0 Å². The molecular weight excluding hydrogens is 414 g/mol. The highest BCUT2D eigenvalue weighted by molar-refractivity contribution is 7.17. The Kier molecular flexibility index (Phi) is 5.25. The summed E-state index contributed by atoms with van der Waals surface area (Å²) in [6.45, 7) is 7.24. The van der Waals surface area contributed by atoms with Crippen LogP contribution in [0, 0.1) is 0 Å². The Morgan fingerprint density at radius 2 is 1.90 bits per heavy atom. The van der Waals surface area contributed by atoms with E-state index in [0.717, 1.165) is 41.2 Å². The first kappa shape index (κ1) is 20.2. The molecule has 8 nitrogen and oxygen atoms in total. The molecule has 0 saturated carbocycles. The van der Waals surface area contributed by atoms with Gasteiger partial charge < -0.3 is 9.47 Å². The van der Waals surface area contributed by atoms with Crippen LogP contribution in [0.5, 0.6) is 5.75 Å². The fourth-order valence-corrected chi connectivity index (χ4v) is 5.45. The fourth-order valence-electron chi connectivity index (χ4n) is 4.40. The second-order valence-electron chi connectivity index (χ2n) is 8.10. The quantitative estimate of drug-likeness (QED) is 0.476. The van der Waals surface area contributed by atoms with Crippen molar-refractivity contribution in [2.45, 2.75) is 39.1 Å². The van der Waals surface area contributed by atoms with Crippen LogP contribution in [0.1, 0.15) is 25.0 Å². The lowest BCUT2D eigenvalue weighted by Gasteiger charge is -2.35. The van der Waals surface area contributed by atoms with Gasteiger partial charge in [-0.15, -0.1) is 11.3 Å². The van der Waals surface area contributed by atoms with E-state index in [0.29, 0.717) is 12.2 Å². The van der Waals surface area contributed by atoms with Crippen molar-refractivity contribution in [1.82, 2.24) is 24.1 Å². The smallest absolute Gasteiger partial charge is 0.352 e. The van der Waals surface area contributed by atoms with Crippen LogP contribution >= 0.6 is 11.3 Å². The number of hydrogen-bond acceptors (Lipinski definition) is 7. The number of aromatic nitrogens is 4. The van der Waals surface area contributed by atoms with E-state index < -0.39 is 0 Å². The average molecular weight is 440 g/mol. The molecule has 0 spiro atoms. The highest BCUT2D eigenvalue weighted by Gasteiger charge is 2.24. The van der Waals surface area contributed by atoms with Gasteiger partial charge in [0.05, 0.1) is 31.2 Å². The predicted octanol–water partition coefficient (Wildman–Crippen LogP) is 2.77. The Morgan fingerprint density at radius 3 is 2.61 bits per heavy atom. The van der Waals surface area contributed by atoms with E-state index in [1.54, 1.807) is 23.0 Å². The molecule has 0 N–H and O–H groups in total. The van der Waals surface area contributed by atoms with Crippen molar-refractivity contribution in [3.8, 4) is 5.75 Å². The SMILES string of the molecule is COc1ccc(Cn2c(=O)n3ncnc3c3c(CN4CC(C)OC(C)C4)csc32)cc1. The first-order valence-corrected chi connectivity index (χ1v) is 11.2. The molecule has 0 aliphatic carbocycles. The number of benzene rings is 1. The number of ether oxygens (including phenoxy) is 2. The minimum Gasteiger partial charge on any atom is -0.497 e. The monoisotopic (exact) mass is 439 g/mol. The normalized spacial score (nSPS) is 20.0. The molecule has 1 aromatic carbocycles. The Balaban J connectivity index is 1.58. The lowest BCUT2D eigenvalue weighted by atomic mass is 10.1. The van der Waals surface area contributed by atoms with Crippen LogP contribution in [0.3, 0.4) is 0 Å². The van der Waals surface area contributed by atoms with Gasteiger partial charge in [0.1, 0.15) is 16.9 Å². The highest BCUT2D eigenvalue weighted by atomic mass is 32.1. The Labute approximate surface area is 183 Å². The predicted molar refractivity (Wildman–Crippen MR) is 120 cm³/mol. The Hall–Kier alpha value is -2.75. The maximum atomic E-state index is 13.2. The van der Waals surface area contributed by atoms with Crippen molar-refractivity contribution in [3.05, 3.63) is 57.6 Å². The van der Waals surface area contributed by atoms with Crippen molar-refractivity contribution in [2.24, 2.45) is 0 Å². The number of nitrogens with zero attached hydrogens (tertiary/aromatic N) is 5. The molecule has 0 radical (unpaired) electrons. The third-order valence-electron chi connectivity index (χ3n) is 5.67. The van der Waals surface area contributed by atoms with Gasteiger partial charge in [0, 0.05) is 19.6 Å². The minimum atomic E-state index is -0.183. The van der Waals surface area contributed by atoms with Gasteiger partial charge in [0.25, 0.3) is 0 Å². The Bertz CT molecular complexity index is 1270.